The van der Waals surface area contributed by atoms with Crippen molar-refractivity contribution < 1.29 is 9.84 Å². The van der Waals surface area contributed by atoms with Crippen LogP contribution in [0.2, 0.25) is 0 Å². The van der Waals surface area contributed by atoms with E-state index in [1.165, 1.54) is 0 Å². The Morgan fingerprint density at radius 3 is 2.31 bits per heavy atom. The Balaban J connectivity index is 2.68. The highest BCUT2D eigenvalue weighted by Gasteiger charge is 2.20. The fraction of sp³-hybridized carbons (Fsp3) is 0.538. The molecule has 1 aromatic carbocycles. The highest BCUT2D eigenvalue weighted by Crippen LogP contribution is 2.22. The molecule has 0 aromatic heterocycles. The summed E-state index contributed by atoms with van der Waals surface area (Å²) in [5.41, 5.74) is 5.34. The van der Waals surface area contributed by atoms with Crippen LogP contribution in [0.5, 0.6) is 5.75 Å². The monoisotopic (exact) mass is 223 g/mol. The fourth-order valence-corrected chi connectivity index (χ4v) is 1.29. The molecule has 0 aliphatic rings. The number of aliphatic hydroxyl groups is 1. The predicted molar refractivity (Wildman–Crippen MR) is 65.4 cm³/mol. The van der Waals surface area contributed by atoms with E-state index < -0.39 is 5.60 Å². The Labute approximate surface area is 97.2 Å². The molecule has 1 atom stereocenters. The van der Waals surface area contributed by atoms with Gasteiger partial charge in [0.15, 0.2) is 0 Å². The Morgan fingerprint density at radius 2 is 1.88 bits per heavy atom. The van der Waals surface area contributed by atoms with E-state index in [1.807, 2.05) is 24.3 Å². The Hall–Kier alpha value is -1.06. The molecule has 0 aliphatic heterocycles. The molecule has 1 aromatic rings. The van der Waals surface area contributed by atoms with Crippen LogP contribution in [-0.2, 0) is 5.60 Å². The average molecular weight is 223 g/mol. The maximum absolute atomic E-state index is 9.94. The van der Waals surface area contributed by atoms with E-state index in [1.54, 1.807) is 6.92 Å². The molecule has 3 heteroatoms. The first-order chi connectivity index (χ1) is 7.45. The maximum atomic E-state index is 9.94. The van der Waals surface area contributed by atoms with Crippen LogP contribution in [0, 0.1) is 5.92 Å². The molecule has 0 fully saturated rings. The van der Waals surface area contributed by atoms with E-state index >= 15 is 0 Å². The Bertz CT molecular complexity index is 317. The second-order valence-corrected chi connectivity index (χ2v) is 4.71. The van der Waals surface area contributed by atoms with Gasteiger partial charge in [0.1, 0.15) is 5.75 Å². The van der Waals surface area contributed by atoms with Gasteiger partial charge in [0, 0.05) is 6.54 Å². The molecule has 1 unspecified atom stereocenters. The lowest BCUT2D eigenvalue weighted by atomic mass is 9.96. The van der Waals surface area contributed by atoms with Crippen molar-refractivity contribution >= 4 is 0 Å². The first kappa shape index (κ1) is 13.0. The SMILES string of the molecule is CC(C)COc1ccc(C(C)(O)CN)cc1. The van der Waals surface area contributed by atoms with Crippen LogP contribution in [0.3, 0.4) is 0 Å². The molecular weight excluding hydrogens is 202 g/mol. The van der Waals surface area contributed by atoms with E-state index in [4.69, 9.17) is 10.5 Å². The van der Waals surface area contributed by atoms with Crippen molar-refractivity contribution in [3.8, 4) is 5.75 Å². The van der Waals surface area contributed by atoms with E-state index in [0.717, 1.165) is 11.3 Å². The number of rotatable bonds is 5. The van der Waals surface area contributed by atoms with Gasteiger partial charge in [0.25, 0.3) is 0 Å². The zero-order valence-electron chi connectivity index (χ0n) is 10.2. The molecule has 3 nitrogen and oxygen atoms in total. The fourth-order valence-electron chi connectivity index (χ4n) is 1.29. The molecule has 0 radical (unpaired) electrons. The molecule has 3 N–H and O–H groups in total. The normalized spacial score (nSPS) is 14.9. The van der Waals surface area contributed by atoms with Gasteiger partial charge in [0.05, 0.1) is 12.2 Å². The summed E-state index contributed by atoms with van der Waals surface area (Å²) in [6, 6.07) is 7.43. The van der Waals surface area contributed by atoms with Crippen LogP contribution in [-0.4, -0.2) is 18.3 Å². The van der Waals surface area contributed by atoms with Crippen molar-refractivity contribution in [1.29, 1.82) is 0 Å². The number of benzene rings is 1. The quantitative estimate of drug-likeness (QED) is 0.801. The zero-order valence-corrected chi connectivity index (χ0v) is 10.2. The van der Waals surface area contributed by atoms with Gasteiger partial charge in [0.2, 0.25) is 0 Å². The molecule has 0 heterocycles. The van der Waals surface area contributed by atoms with E-state index in [9.17, 15) is 5.11 Å². The summed E-state index contributed by atoms with van der Waals surface area (Å²) in [5, 5.41) is 9.94. The molecule has 90 valence electrons. The van der Waals surface area contributed by atoms with Gasteiger partial charge >= 0.3 is 0 Å². The molecule has 1 rings (SSSR count). The van der Waals surface area contributed by atoms with Crippen molar-refractivity contribution in [2.24, 2.45) is 11.7 Å². The summed E-state index contributed by atoms with van der Waals surface area (Å²) in [6.07, 6.45) is 0. The molecule has 0 saturated carbocycles. The Morgan fingerprint density at radius 1 is 1.31 bits per heavy atom. The average Bonchev–Trinajstić information content (AvgIpc) is 2.27. The van der Waals surface area contributed by atoms with Crippen LogP contribution in [0.25, 0.3) is 0 Å². The van der Waals surface area contributed by atoms with E-state index in [-0.39, 0.29) is 6.54 Å². The van der Waals surface area contributed by atoms with Crippen LogP contribution in [0.15, 0.2) is 24.3 Å². The van der Waals surface area contributed by atoms with Gasteiger partial charge in [-0.25, -0.2) is 0 Å². The molecule has 0 bridgehead atoms. The minimum absolute atomic E-state index is 0.208. The summed E-state index contributed by atoms with van der Waals surface area (Å²) in [4.78, 5) is 0. The summed E-state index contributed by atoms with van der Waals surface area (Å²) < 4.78 is 5.56. The van der Waals surface area contributed by atoms with Crippen LogP contribution < -0.4 is 10.5 Å². The van der Waals surface area contributed by atoms with E-state index in [2.05, 4.69) is 13.8 Å². The zero-order chi connectivity index (χ0) is 12.2. The largest absolute Gasteiger partial charge is 0.493 e. The standard InChI is InChI=1S/C13H21NO2/c1-10(2)8-16-12-6-4-11(5-7-12)13(3,15)9-14/h4-7,10,15H,8-9,14H2,1-3H3. The van der Waals surface area contributed by atoms with Crippen molar-refractivity contribution in [2.75, 3.05) is 13.2 Å². The molecule has 0 aliphatic carbocycles. The van der Waals surface area contributed by atoms with Crippen molar-refractivity contribution in [3.05, 3.63) is 29.8 Å². The lowest BCUT2D eigenvalue weighted by molar-refractivity contribution is 0.0667. The van der Waals surface area contributed by atoms with Crippen molar-refractivity contribution in [3.63, 3.8) is 0 Å². The van der Waals surface area contributed by atoms with Gasteiger partial charge in [-0.1, -0.05) is 26.0 Å². The minimum atomic E-state index is -0.962. The predicted octanol–water partition coefficient (Wildman–Crippen LogP) is 1.89. The summed E-state index contributed by atoms with van der Waals surface area (Å²) >= 11 is 0. The molecule has 0 saturated heterocycles. The second kappa shape index (κ2) is 5.32. The maximum Gasteiger partial charge on any atom is 0.119 e. The Kier molecular flexibility index (Phi) is 4.33. The number of nitrogens with two attached hydrogens (primary N) is 1. The minimum Gasteiger partial charge on any atom is -0.493 e. The van der Waals surface area contributed by atoms with Gasteiger partial charge in [-0.15, -0.1) is 0 Å². The third-order valence-corrected chi connectivity index (χ3v) is 2.46. The summed E-state index contributed by atoms with van der Waals surface area (Å²) in [6.45, 7) is 6.82. The van der Waals surface area contributed by atoms with Gasteiger partial charge in [-0.2, -0.15) is 0 Å². The molecular formula is C13H21NO2. The summed E-state index contributed by atoms with van der Waals surface area (Å²) in [5.74, 6) is 1.33. The smallest absolute Gasteiger partial charge is 0.119 e. The third-order valence-electron chi connectivity index (χ3n) is 2.46. The number of ether oxygens (including phenoxy) is 1. The second-order valence-electron chi connectivity index (χ2n) is 4.71. The van der Waals surface area contributed by atoms with E-state index in [0.29, 0.717) is 12.5 Å². The van der Waals surface area contributed by atoms with Crippen molar-refractivity contribution in [2.45, 2.75) is 26.4 Å². The lowest BCUT2D eigenvalue weighted by Gasteiger charge is -2.21. The highest BCUT2D eigenvalue weighted by molar-refractivity contribution is 5.30. The molecule has 0 spiro atoms. The lowest BCUT2D eigenvalue weighted by Crippen LogP contribution is -2.31. The highest BCUT2D eigenvalue weighted by atomic mass is 16.5. The summed E-state index contributed by atoms with van der Waals surface area (Å²) in [7, 11) is 0. The molecule has 0 amide bonds. The molecule has 16 heavy (non-hydrogen) atoms. The van der Waals surface area contributed by atoms with Crippen LogP contribution >= 0.6 is 0 Å². The topological polar surface area (TPSA) is 55.5 Å². The van der Waals surface area contributed by atoms with Crippen LogP contribution in [0.4, 0.5) is 0 Å². The first-order valence-electron chi connectivity index (χ1n) is 5.61. The van der Waals surface area contributed by atoms with Gasteiger partial charge < -0.3 is 15.6 Å². The van der Waals surface area contributed by atoms with Crippen molar-refractivity contribution in [1.82, 2.24) is 0 Å². The first-order valence-corrected chi connectivity index (χ1v) is 5.61. The number of hydrogen-bond acceptors (Lipinski definition) is 3. The number of hydrogen-bond donors (Lipinski definition) is 2. The van der Waals surface area contributed by atoms with Gasteiger partial charge in [-0.05, 0) is 30.5 Å². The third kappa shape index (κ3) is 3.51. The van der Waals surface area contributed by atoms with Crippen LogP contribution in [0.1, 0.15) is 26.3 Å². The van der Waals surface area contributed by atoms with Gasteiger partial charge in [-0.3, -0.25) is 0 Å².